The summed E-state index contributed by atoms with van der Waals surface area (Å²) in [7, 11) is 1.75. The van der Waals surface area contributed by atoms with Crippen molar-refractivity contribution in [2.24, 2.45) is 0 Å². The van der Waals surface area contributed by atoms with Gasteiger partial charge in [-0.1, -0.05) is 6.07 Å². The van der Waals surface area contributed by atoms with Gasteiger partial charge in [0.05, 0.1) is 7.11 Å². The zero-order valence-electron chi connectivity index (χ0n) is 10.7. The van der Waals surface area contributed by atoms with Crippen LogP contribution in [0.2, 0.25) is 0 Å². The van der Waals surface area contributed by atoms with Gasteiger partial charge in [0.15, 0.2) is 0 Å². The summed E-state index contributed by atoms with van der Waals surface area (Å²) in [6.45, 7) is 7.43. The minimum Gasteiger partial charge on any atom is -0.496 e. The van der Waals surface area contributed by atoms with Crippen LogP contribution in [0.4, 0.5) is 0 Å². The highest BCUT2D eigenvalue weighted by Gasteiger charge is 2.20. The predicted molar refractivity (Wildman–Crippen MR) is 67.1 cm³/mol. The lowest BCUT2D eigenvalue weighted by Gasteiger charge is -2.16. The molecular weight excluding hydrogens is 198 g/mol. The van der Waals surface area contributed by atoms with Crippen LogP contribution in [0.25, 0.3) is 0 Å². The molecule has 1 aliphatic carbocycles. The van der Waals surface area contributed by atoms with E-state index in [9.17, 15) is 0 Å². The third-order valence-corrected chi connectivity index (χ3v) is 3.50. The maximum atomic E-state index is 5.43. The molecule has 1 aromatic rings. The summed E-state index contributed by atoms with van der Waals surface area (Å²) in [6.07, 6.45) is 2.68. The normalized spacial score (nSPS) is 15.2. The number of hydrogen-bond donors (Lipinski definition) is 1. The Bertz CT molecular complexity index is 394. The van der Waals surface area contributed by atoms with E-state index in [4.69, 9.17) is 4.74 Å². The Labute approximate surface area is 98.0 Å². The van der Waals surface area contributed by atoms with Crippen molar-refractivity contribution in [1.29, 1.82) is 0 Å². The summed E-state index contributed by atoms with van der Waals surface area (Å²) < 4.78 is 5.43. The fourth-order valence-electron chi connectivity index (χ4n) is 2.18. The Hall–Kier alpha value is -1.02. The van der Waals surface area contributed by atoms with Crippen LogP contribution in [0, 0.1) is 20.8 Å². The van der Waals surface area contributed by atoms with Crippen LogP contribution in [0.15, 0.2) is 6.07 Å². The molecule has 16 heavy (non-hydrogen) atoms. The van der Waals surface area contributed by atoms with Crippen molar-refractivity contribution in [2.45, 2.75) is 46.2 Å². The number of benzene rings is 1. The van der Waals surface area contributed by atoms with Crippen LogP contribution in [0.3, 0.4) is 0 Å². The van der Waals surface area contributed by atoms with Gasteiger partial charge in [0.25, 0.3) is 0 Å². The Balaban J connectivity index is 2.23. The molecule has 0 aliphatic heterocycles. The zero-order chi connectivity index (χ0) is 11.7. The molecule has 0 amide bonds. The summed E-state index contributed by atoms with van der Waals surface area (Å²) in [5.41, 5.74) is 5.27. The Morgan fingerprint density at radius 1 is 1.25 bits per heavy atom. The second-order valence-corrected chi connectivity index (χ2v) is 4.79. The van der Waals surface area contributed by atoms with Gasteiger partial charge in [-0.05, 0) is 55.9 Å². The van der Waals surface area contributed by atoms with Gasteiger partial charge in [-0.3, -0.25) is 0 Å². The first-order valence-corrected chi connectivity index (χ1v) is 6.00. The first-order chi connectivity index (χ1) is 7.63. The lowest BCUT2D eigenvalue weighted by atomic mass is 9.98. The molecule has 1 aromatic carbocycles. The second-order valence-electron chi connectivity index (χ2n) is 4.79. The van der Waals surface area contributed by atoms with E-state index in [1.807, 2.05) is 0 Å². The molecule has 2 heteroatoms. The molecule has 1 aliphatic rings. The number of hydrogen-bond acceptors (Lipinski definition) is 2. The minimum absolute atomic E-state index is 0.766. The molecular formula is C14H21NO. The molecule has 0 unspecified atom stereocenters. The van der Waals surface area contributed by atoms with Gasteiger partial charge in [0.2, 0.25) is 0 Å². The van der Waals surface area contributed by atoms with Crippen molar-refractivity contribution in [3.8, 4) is 5.75 Å². The predicted octanol–water partition coefficient (Wildman–Crippen LogP) is 2.87. The third kappa shape index (κ3) is 2.22. The van der Waals surface area contributed by atoms with Crippen LogP contribution in [-0.4, -0.2) is 13.2 Å². The summed E-state index contributed by atoms with van der Waals surface area (Å²) in [4.78, 5) is 0. The highest BCUT2D eigenvalue weighted by atomic mass is 16.5. The molecule has 2 rings (SSSR count). The van der Waals surface area contributed by atoms with Crippen LogP contribution in [-0.2, 0) is 6.54 Å². The van der Waals surface area contributed by atoms with E-state index in [1.54, 1.807) is 7.11 Å². The largest absolute Gasteiger partial charge is 0.496 e. The summed E-state index contributed by atoms with van der Waals surface area (Å²) in [5.74, 6) is 1.03. The zero-order valence-corrected chi connectivity index (χ0v) is 10.7. The lowest BCUT2D eigenvalue weighted by Crippen LogP contribution is -2.16. The van der Waals surface area contributed by atoms with Gasteiger partial charge in [-0.2, -0.15) is 0 Å². The number of ether oxygens (including phenoxy) is 1. The van der Waals surface area contributed by atoms with E-state index >= 15 is 0 Å². The SMILES string of the molecule is COc1c(C)cc(CNC2CC2)c(C)c1C. The van der Waals surface area contributed by atoms with Crippen molar-refractivity contribution in [1.82, 2.24) is 5.32 Å². The van der Waals surface area contributed by atoms with Gasteiger partial charge in [0, 0.05) is 12.6 Å². The smallest absolute Gasteiger partial charge is 0.124 e. The van der Waals surface area contributed by atoms with Crippen molar-refractivity contribution < 1.29 is 4.74 Å². The van der Waals surface area contributed by atoms with E-state index in [-0.39, 0.29) is 0 Å². The average molecular weight is 219 g/mol. The van der Waals surface area contributed by atoms with Crippen LogP contribution >= 0.6 is 0 Å². The summed E-state index contributed by atoms with van der Waals surface area (Å²) in [6, 6.07) is 3.01. The number of nitrogens with one attached hydrogen (secondary N) is 1. The fraction of sp³-hybridized carbons (Fsp3) is 0.571. The minimum atomic E-state index is 0.766. The van der Waals surface area contributed by atoms with Gasteiger partial charge < -0.3 is 10.1 Å². The van der Waals surface area contributed by atoms with Gasteiger partial charge >= 0.3 is 0 Å². The molecule has 1 fully saturated rings. The summed E-state index contributed by atoms with van der Waals surface area (Å²) in [5, 5.41) is 3.56. The van der Waals surface area contributed by atoms with E-state index in [0.717, 1.165) is 18.3 Å². The fourth-order valence-corrected chi connectivity index (χ4v) is 2.18. The first-order valence-electron chi connectivity index (χ1n) is 6.00. The van der Waals surface area contributed by atoms with Gasteiger partial charge in [-0.25, -0.2) is 0 Å². The topological polar surface area (TPSA) is 21.3 Å². The van der Waals surface area contributed by atoms with E-state index in [1.165, 1.54) is 35.1 Å². The third-order valence-electron chi connectivity index (χ3n) is 3.50. The molecule has 0 heterocycles. The molecule has 2 nitrogen and oxygen atoms in total. The molecule has 0 radical (unpaired) electrons. The summed E-state index contributed by atoms with van der Waals surface area (Å²) >= 11 is 0. The molecule has 1 N–H and O–H groups in total. The quantitative estimate of drug-likeness (QED) is 0.840. The Morgan fingerprint density at radius 3 is 2.50 bits per heavy atom. The molecule has 0 atom stereocenters. The molecule has 0 bridgehead atoms. The van der Waals surface area contributed by atoms with Crippen LogP contribution in [0.5, 0.6) is 5.75 Å². The van der Waals surface area contributed by atoms with E-state index < -0.39 is 0 Å². The number of aryl methyl sites for hydroxylation is 1. The molecule has 1 saturated carbocycles. The molecule has 0 saturated heterocycles. The highest BCUT2D eigenvalue weighted by molar-refractivity contribution is 5.48. The maximum absolute atomic E-state index is 5.43. The van der Waals surface area contributed by atoms with E-state index in [2.05, 4.69) is 32.2 Å². The Kier molecular flexibility index (Phi) is 3.20. The monoisotopic (exact) mass is 219 g/mol. The Morgan fingerprint density at radius 2 is 1.94 bits per heavy atom. The standard InChI is InChI=1S/C14H21NO/c1-9-7-12(8-15-13-5-6-13)10(2)11(3)14(9)16-4/h7,13,15H,5-6,8H2,1-4H3. The van der Waals surface area contributed by atoms with Gasteiger partial charge in [-0.15, -0.1) is 0 Å². The van der Waals surface area contributed by atoms with E-state index in [0.29, 0.717) is 0 Å². The molecule has 0 aromatic heterocycles. The average Bonchev–Trinajstić information content (AvgIpc) is 3.06. The number of rotatable bonds is 4. The van der Waals surface area contributed by atoms with Crippen molar-refractivity contribution in [3.63, 3.8) is 0 Å². The van der Waals surface area contributed by atoms with Crippen LogP contribution in [0.1, 0.15) is 35.1 Å². The second kappa shape index (κ2) is 4.46. The van der Waals surface area contributed by atoms with Crippen molar-refractivity contribution in [3.05, 3.63) is 28.3 Å². The number of methoxy groups -OCH3 is 1. The van der Waals surface area contributed by atoms with Crippen LogP contribution < -0.4 is 10.1 Å². The van der Waals surface area contributed by atoms with Gasteiger partial charge in [0.1, 0.15) is 5.75 Å². The highest BCUT2D eigenvalue weighted by Crippen LogP contribution is 2.29. The molecule has 0 spiro atoms. The molecule has 88 valence electrons. The van der Waals surface area contributed by atoms with Crippen molar-refractivity contribution >= 4 is 0 Å². The lowest BCUT2D eigenvalue weighted by molar-refractivity contribution is 0.408. The maximum Gasteiger partial charge on any atom is 0.124 e. The first kappa shape index (κ1) is 11.5. The van der Waals surface area contributed by atoms with Crippen molar-refractivity contribution in [2.75, 3.05) is 7.11 Å².